The van der Waals surface area contributed by atoms with Gasteiger partial charge in [-0.25, -0.2) is 4.99 Å². The monoisotopic (exact) mass is 349 g/mol. The lowest BCUT2D eigenvalue weighted by Gasteiger charge is -2.41. The molecule has 1 aliphatic rings. The molecule has 6 heteroatoms. The fourth-order valence-corrected chi connectivity index (χ4v) is 4.11. The van der Waals surface area contributed by atoms with Crippen molar-refractivity contribution in [2.75, 3.05) is 12.3 Å². The molecule has 0 aromatic heterocycles. The number of nitrogens with zero attached hydrogens (tertiary/aromatic N) is 3. The van der Waals surface area contributed by atoms with Crippen molar-refractivity contribution < 1.29 is 4.92 Å². The van der Waals surface area contributed by atoms with E-state index < -0.39 is 0 Å². The predicted molar refractivity (Wildman–Crippen MR) is 102 cm³/mol. The van der Waals surface area contributed by atoms with Crippen LogP contribution in [0.5, 0.6) is 0 Å². The second-order valence-corrected chi connectivity index (χ2v) is 8.18. The van der Waals surface area contributed by atoms with Crippen LogP contribution in [0.25, 0.3) is 0 Å². The van der Waals surface area contributed by atoms with E-state index in [0.717, 1.165) is 28.7 Å². The van der Waals surface area contributed by atoms with Crippen LogP contribution in [0, 0.1) is 28.9 Å². The molecule has 0 bridgehead atoms. The quantitative estimate of drug-likeness (QED) is 0.554. The maximum atomic E-state index is 10.9. The van der Waals surface area contributed by atoms with Gasteiger partial charge >= 0.3 is 0 Å². The average Bonchev–Trinajstić information content (AvgIpc) is 2.49. The normalized spacial score (nSPS) is 20.2. The first-order valence-electron chi connectivity index (χ1n) is 8.52. The number of nitro groups is 1. The molecular weight excluding hydrogens is 322 g/mol. The zero-order valence-electron chi connectivity index (χ0n) is 15.2. The second kappa shape index (κ2) is 8.01. The standard InChI is InChI=1S/C18H27N3O2S/c1-12(2)11-20-17(13(3)4)8-9-24-18(20)19-16-7-6-15(21(22)23)10-14(16)5/h6-7,10,12-13,17H,8-9,11H2,1-5H3/b19-18-/t17-/m1/s1. The minimum atomic E-state index is -0.362. The number of hydrogen-bond donors (Lipinski definition) is 0. The molecule has 0 radical (unpaired) electrons. The topological polar surface area (TPSA) is 58.7 Å². The SMILES string of the molecule is Cc1cc([N+](=O)[O-])ccc1/N=C1\SCC[C@H](C(C)C)N1CC(C)C. The Morgan fingerprint density at radius 3 is 2.62 bits per heavy atom. The highest BCUT2D eigenvalue weighted by atomic mass is 32.2. The van der Waals surface area contributed by atoms with Crippen LogP contribution in [-0.2, 0) is 0 Å². The van der Waals surface area contributed by atoms with Crippen molar-refractivity contribution >= 4 is 28.3 Å². The third kappa shape index (κ3) is 4.50. The molecule has 0 spiro atoms. The molecule has 1 aromatic rings. The highest BCUT2D eigenvalue weighted by molar-refractivity contribution is 8.13. The Kier molecular flexibility index (Phi) is 6.27. The van der Waals surface area contributed by atoms with Gasteiger partial charge in [-0.15, -0.1) is 0 Å². The summed E-state index contributed by atoms with van der Waals surface area (Å²) in [5.41, 5.74) is 1.78. The van der Waals surface area contributed by atoms with Crippen LogP contribution in [0.15, 0.2) is 23.2 Å². The molecule has 0 aliphatic carbocycles. The number of aryl methyl sites for hydroxylation is 1. The van der Waals surface area contributed by atoms with Crippen LogP contribution in [0.3, 0.4) is 0 Å². The Hall–Kier alpha value is -1.56. The van der Waals surface area contributed by atoms with Crippen LogP contribution in [0.2, 0.25) is 0 Å². The molecular formula is C18H27N3O2S. The molecule has 1 aromatic carbocycles. The van der Waals surface area contributed by atoms with Crippen molar-refractivity contribution in [1.82, 2.24) is 4.90 Å². The van der Waals surface area contributed by atoms with Crippen molar-refractivity contribution in [3.05, 3.63) is 33.9 Å². The number of thioether (sulfide) groups is 1. The molecule has 5 nitrogen and oxygen atoms in total. The Morgan fingerprint density at radius 1 is 1.38 bits per heavy atom. The fraction of sp³-hybridized carbons (Fsp3) is 0.611. The highest BCUT2D eigenvalue weighted by Crippen LogP contribution is 2.32. The van der Waals surface area contributed by atoms with Crippen LogP contribution in [-0.4, -0.2) is 33.3 Å². The summed E-state index contributed by atoms with van der Waals surface area (Å²) in [5.74, 6) is 2.21. The van der Waals surface area contributed by atoms with Crippen molar-refractivity contribution in [1.29, 1.82) is 0 Å². The number of rotatable bonds is 5. The van der Waals surface area contributed by atoms with Gasteiger partial charge in [0.05, 0.1) is 10.6 Å². The molecule has 24 heavy (non-hydrogen) atoms. The van der Waals surface area contributed by atoms with Crippen LogP contribution in [0.1, 0.15) is 39.7 Å². The van der Waals surface area contributed by atoms with E-state index in [9.17, 15) is 10.1 Å². The number of hydrogen-bond acceptors (Lipinski definition) is 4. The van der Waals surface area contributed by atoms with Crippen LogP contribution >= 0.6 is 11.8 Å². The zero-order valence-corrected chi connectivity index (χ0v) is 16.0. The Balaban J connectivity index is 2.35. The minimum Gasteiger partial charge on any atom is -0.348 e. The minimum absolute atomic E-state index is 0.117. The third-order valence-electron chi connectivity index (χ3n) is 4.23. The smallest absolute Gasteiger partial charge is 0.269 e. The van der Waals surface area contributed by atoms with Crippen molar-refractivity contribution in [3.63, 3.8) is 0 Å². The molecule has 0 unspecified atom stereocenters. The molecule has 1 atom stereocenters. The Morgan fingerprint density at radius 2 is 2.08 bits per heavy atom. The summed E-state index contributed by atoms with van der Waals surface area (Å²) in [5, 5.41) is 11.9. The van der Waals surface area contributed by atoms with E-state index >= 15 is 0 Å². The summed E-state index contributed by atoms with van der Waals surface area (Å²) in [6.07, 6.45) is 1.17. The summed E-state index contributed by atoms with van der Waals surface area (Å²) in [6.45, 7) is 11.9. The first-order valence-corrected chi connectivity index (χ1v) is 9.51. The lowest BCUT2D eigenvalue weighted by atomic mass is 9.99. The van der Waals surface area contributed by atoms with Gasteiger partial charge < -0.3 is 4.90 Å². The van der Waals surface area contributed by atoms with Gasteiger partial charge in [-0.05, 0) is 36.8 Å². The van der Waals surface area contributed by atoms with E-state index in [2.05, 4.69) is 32.6 Å². The molecule has 2 rings (SSSR count). The predicted octanol–water partition coefficient (Wildman–Crippen LogP) is 5.01. The largest absolute Gasteiger partial charge is 0.348 e. The summed E-state index contributed by atoms with van der Waals surface area (Å²) < 4.78 is 0. The first kappa shape index (κ1) is 18.8. The first-order chi connectivity index (χ1) is 11.3. The number of aliphatic imine (C=N–C) groups is 1. The van der Waals surface area contributed by atoms with Crippen LogP contribution < -0.4 is 0 Å². The van der Waals surface area contributed by atoms with Gasteiger partial charge in [0.25, 0.3) is 5.69 Å². The highest BCUT2D eigenvalue weighted by Gasteiger charge is 2.30. The van der Waals surface area contributed by atoms with Gasteiger partial charge in [-0.1, -0.05) is 39.5 Å². The van der Waals surface area contributed by atoms with E-state index in [1.54, 1.807) is 23.9 Å². The van der Waals surface area contributed by atoms with Crippen LogP contribution in [0.4, 0.5) is 11.4 Å². The van der Waals surface area contributed by atoms with Gasteiger partial charge in [0.15, 0.2) is 5.17 Å². The zero-order chi connectivity index (χ0) is 17.9. The molecule has 0 N–H and O–H groups in total. The number of nitro benzene ring substituents is 1. The van der Waals surface area contributed by atoms with Gasteiger partial charge in [0.2, 0.25) is 0 Å². The molecule has 0 saturated carbocycles. The molecule has 0 amide bonds. The summed E-state index contributed by atoms with van der Waals surface area (Å²) in [4.78, 5) is 17.8. The summed E-state index contributed by atoms with van der Waals surface area (Å²) in [6, 6.07) is 5.39. The van der Waals surface area contributed by atoms with E-state index in [0.29, 0.717) is 17.9 Å². The number of non-ortho nitro benzene ring substituents is 1. The summed E-state index contributed by atoms with van der Waals surface area (Å²) >= 11 is 1.79. The van der Waals surface area contributed by atoms with Gasteiger partial charge in [0.1, 0.15) is 0 Å². The van der Waals surface area contributed by atoms with Crippen molar-refractivity contribution in [2.45, 2.75) is 47.1 Å². The maximum Gasteiger partial charge on any atom is 0.269 e. The lowest BCUT2D eigenvalue weighted by molar-refractivity contribution is -0.384. The number of benzene rings is 1. The molecule has 1 fully saturated rings. The Labute approximate surface area is 148 Å². The molecule has 132 valence electrons. The van der Waals surface area contributed by atoms with Gasteiger partial charge in [-0.2, -0.15) is 0 Å². The van der Waals surface area contributed by atoms with E-state index in [1.807, 2.05) is 6.92 Å². The Bertz CT molecular complexity index is 629. The van der Waals surface area contributed by atoms with E-state index in [-0.39, 0.29) is 10.6 Å². The average molecular weight is 350 g/mol. The maximum absolute atomic E-state index is 10.9. The van der Waals surface area contributed by atoms with Gasteiger partial charge in [-0.3, -0.25) is 10.1 Å². The summed E-state index contributed by atoms with van der Waals surface area (Å²) in [7, 11) is 0. The molecule has 1 saturated heterocycles. The van der Waals surface area contributed by atoms with E-state index in [1.165, 1.54) is 12.5 Å². The van der Waals surface area contributed by atoms with Crippen molar-refractivity contribution in [3.8, 4) is 0 Å². The van der Waals surface area contributed by atoms with E-state index in [4.69, 9.17) is 4.99 Å². The fourth-order valence-electron chi connectivity index (χ4n) is 3.03. The number of amidine groups is 1. The van der Waals surface area contributed by atoms with Crippen molar-refractivity contribution in [2.24, 2.45) is 16.8 Å². The molecule has 1 aliphatic heterocycles. The second-order valence-electron chi connectivity index (χ2n) is 7.12. The lowest BCUT2D eigenvalue weighted by Crippen LogP contribution is -2.47. The van der Waals surface area contributed by atoms with Gasteiger partial charge in [0, 0.05) is 30.5 Å². The molecule has 1 heterocycles. The third-order valence-corrected chi connectivity index (χ3v) is 5.25.